The van der Waals surface area contributed by atoms with Crippen LogP contribution in [0.25, 0.3) is 0 Å². The van der Waals surface area contributed by atoms with Crippen molar-refractivity contribution in [1.29, 1.82) is 0 Å². The molecular weight excluding hydrogens is 440 g/mol. The Bertz CT molecular complexity index is 1060. The molecule has 0 radical (unpaired) electrons. The average Bonchev–Trinajstić information content (AvgIpc) is 2.84. The molecule has 0 saturated heterocycles. The van der Waals surface area contributed by atoms with Crippen molar-refractivity contribution < 1.29 is 29.0 Å². The fraction of sp³-hybridized carbons (Fsp3) is 0.292. The number of aliphatic carboxylic acids is 1. The van der Waals surface area contributed by atoms with Gasteiger partial charge < -0.3 is 20.5 Å². The number of hydrogen-bond acceptors (Lipinski definition) is 6. The monoisotopic (exact) mass is 466 g/mol. The minimum atomic E-state index is -1.08. The molecule has 34 heavy (non-hydrogen) atoms. The van der Waals surface area contributed by atoms with Gasteiger partial charge >= 0.3 is 17.8 Å². The first-order chi connectivity index (χ1) is 16.4. The Morgan fingerprint density at radius 3 is 2.38 bits per heavy atom. The molecule has 178 valence electrons. The van der Waals surface area contributed by atoms with Crippen LogP contribution in [0.1, 0.15) is 48.0 Å². The van der Waals surface area contributed by atoms with E-state index in [-0.39, 0.29) is 23.2 Å². The molecule has 0 aliphatic heterocycles. The van der Waals surface area contributed by atoms with Crippen LogP contribution in [0.3, 0.4) is 0 Å². The number of benzene rings is 2. The number of carbonyl (C=O) groups excluding carboxylic acids is 3. The minimum Gasteiger partial charge on any atom is -0.482 e. The summed E-state index contributed by atoms with van der Waals surface area (Å²) in [5, 5.41) is 17.8. The number of rotatable bonds is 8. The number of hydrazone groups is 1. The predicted molar refractivity (Wildman–Crippen MR) is 125 cm³/mol. The highest BCUT2D eigenvalue weighted by molar-refractivity contribution is 6.40. The molecule has 10 heteroatoms. The Kier molecular flexibility index (Phi) is 8.73. The largest absolute Gasteiger partial charge is 0.482 e. The Morgan fingerprint density at radius 1 is 0.971 bits per heavy atom. The SMILES string of the molecule is O=C(O)COc1ccc(/C=N\NC(=O)C(=O)Nc2ccccc2C(=O)NC2CCCCC2)cc1. The summed E-state index contributed by atoms with van der Waals surface area (Å²) < 4.78 is 5.03. The van der Waals surface area contributed by atoms with Crippen molar-refractivity contribution in [2.24, 2.45) is 5.10 Å². The van der Waals surface area contributed by atoms with Crippen LogP contribution in [0.2, 0.25) is 0 Å². The molecule has 0 aromatic heterocycles. The Labute approximate surface area is 196 Å². The van der Waals surface area contributed by atoms with E-state index in [9.17, 15) is 19.2 Å². The van der Waals surface area contributed by atoms with Gasteiger partial charge in [-0.1, -0.05) is 31.4 Å². The summed E-state index contributed by atoms with van der Waals surface area (Å²) in [4.78, 5) is 47.6. The normalized spacial score (nSPS) is 13.8. The van der Waals surface area contributed by atoms with Crippen molar-refractivity contribution >= 4 is 35.6 Å². The van der Waals surface area contributed by atoms with Crippen molar-refractivity contribution in [3.05, 3.63) is 59.7 Å². The number of ether oxygens (including phenoxy) is 1. The average molecular weight is 466 g/mol. The molecule has 0 heterocycles. The van der Waals surface area contributed by atoms with Gasteiger partial charge in [0.25, 0.3) is 5.91 Å². The zero-order chi connectivity index (χ0) is 24.3. The van der Waals surface area contributed by atoms with Gasteiger partial charge in [-0.15, -0.1) is 0 Å². The van der Waals surface area contributed by atoms with E-state index < -0.39 is 24.4 Å². The molecule has 3 rings (SSSR count). The molecule has 1 aliphatic rings. The van der Waals surface area contributed by atoms with Crippen molar-refractivity contribution in [2.45, 2.75) is 38.1 Å². The van der Waals surface area contributed by atoms with Crippen LogP contribution >= 0.6 is 0 Å². The zero-order valence-electron chi connectivity index (χ0n) is 18.5. The molecule has 1 aliphatic carbocycles. The van der Waals surface area contributed by atoms with E-state index in [1.54, 1.807) is 48.5 Å². The van der Waals surface area contributed by atoms with E-state index >= 15 is 0 Å². The van der Waals surface area contributed by atoms with Crippen LogP contribution in [0.4, 0.5) is 5.69 Å². The summed E-state index contributed by atoms with van der Waals surface area (Å²) in [6.07, 6.45) is 6.50. The van der Waals surface area contributed by atoms with Crippen LogP contribution in [-0.4, -0.2) is 47.7 Å². The smallest absolute Gasteiger partial charge is 0.341 e. The number of nitrogens with zero attached hydrogens (tertiary/aromatic N) is 1. The van der Waals surface area contributed by atoms with Crippen molar-refractivity contribution in [2.75, 3.05) is 11.9 Å². The highest BCUT2D eigenvalue weighted by Crippen LogP contribution is 2.20. The first kappa shape index (κ1) is 24.4. The third-order valence-electron chi connectivity index (χ3n) is 5.19. The van der Waals surface area contributed by atoms with Gasteiger partial charge in [0.05, 0.1) is 17.5 Å². The van der Waals surface area contributed by atoms with Gasteiger partial charge in [-0.25, -0.2) is 10.2 Å². The number of hydrogen-bond donors (Lipinski definition) is 4. The van der Waals surface area contributed by atoms with Crippen molar-refractivity contribution in [1.82, 2.24) is 10.7 Å². The van der Waals surface area contributed by atoms with Gasteiger partial charge in [-0.2, -0.15) is 5.10 Å². The molecule has 2 aromatic carbocycles. The molecular formula is C24H26N4O6. The summed E-state index contributed by atoms with van der Waals surface area (Å²) in [6.45, 7) is -0.454. The van der Waals surface area contributed by atoms with Gasteiger partial charge in [0.1, 0.15) is 5.75 Å². The van der Waals surface area contributed by atoms with Crippen molar-refractivity contribution in [3.8, 4) is 5.75 Å². The number of amides is 3. The van der Waals surface area contributed by atoms with Gasteiger partial charge in [-0.3, -0.25) is 14.4 Å². The van der Waals surface area contributed by atoms with E-state index in [4.69, 9.17) is 9.84 Å². The number of carbonyl (C=O) groups is 4. The van der Waals surface area contributed by atoms with Crippen LogP contribution in [0.5, 0.6) is 5.75 Å². The standard InChI is InChI=1S/C24H26N4O6/c29-21(30)15-34-18-12-10-16(11-13-18)14-25-28-24(33)23(32)27-20-9-5-4-8-19(20)22(31)26-17-6-2-1-3-7-17/h4-5,8-14,17H,1-3,6-7,15H2,(H,26,31)(H,27,32)(H,28,33)(H,29,30)/b25-14-. The fourth-order valence-corrected chi connectivity index (χ4v) is 3.49. The van der Waals surface area contributed by atoms with Crippen molar-refractivity contribution in [3.63, 3.8) is 0 Å². The lowest BCUT2D eigenvalue weighted by molar-refractivity contribution is -0.139. The zero-order valence-corrected chi connectivity index (χ0v) is 18.5. The van der Waals surface area contributed by atoms with Gasteiger partial charge in [0.15, 0.2) is 6.61 Å². The third kappa shape index (κ3) is 7.44. The van der Waals surface area contributed by atoms with E-state index in [1.807, 2.05) is 0 Å². The van der Waals surface area contributed by atoms with Gasteiger partial charge in [0.2, 0.25) is 0 Å². The third-order valence-corrected chi connectivity index (χ3v) is 5.19. The first-order valence-electron chi connectivity index (χ1n) is 10.9. The molecule has 3 amide bonds. The molecule has 1 fully saturated rings. The summed E-state index contributed by atoms with van der Waals surface area (Å²) in [6, 6.07) is 12.9. The predicted octanol–water partition coefficient (Wildman–Crippen LogP) is 2.30. The highest BCUT2D eigenvalue weighted by Gasteiger charge is 2.20. The van der Waals surface area contributed by atoms with E-state index in [0.717, 1.165) is 25.7 Å². The summed E-state index contributed by atoms with van der Waals surface area (Å²) >= 11 is 0. The van der Waals surface area contributed by atoms with E-state index in [0.29, 0.717) is 11.3 Å². The lowest BCUT2D eigenvalue weighted by Crippen LogP contribution is -2.37. The summed E-state index contributed by atoms with van der Waals surface area (Å²) in [5.74, 6) is -2.97. The van der Waals surface area contributed by atoms with E-state index in [2.05, 4.69) is 21.2 Å². The summed E-state index contributed by atoms with van der Waals surface area (Å²) in [5.41, 5.74) is 3.23. The Morgan fingerprint density at radius 2 is 1.68 bits per heavy atom. The second-order valence-corrected chi connectivity index (χ2v) is 7.76. The second-order valence-electron chi connectivity index (χ2n) is 7.76. The molecule has 4 N–H and O–H groups in total. The molecule has 0 bridgehead atoms. The van der Waals surface area contributed by atoms with E-state index in [1.165, 1.54) is 12.6 Å². The maximum Gasteiger partial charge on any atom is 0.341 e. The molecule has 10 nitrogen and oxygen atoms in total. The molecule has 0 spiro atoms. The lowest BCUT2D eigenvalue weighted by atomic mass is 9.95. The molecule has 2 aromatic rings. The molecule has 0 unspecified atom stereocenters. The number of carboxylic acid groups (broad SMARTS) is 1. The van der Waals surface area contributed by atoms with Crippen LogP contribution in [-0.2, 0) is 14.4 Å². The van der Waals surface area contributed by atoms with Crippen LogP contribution in [0, 0.1) is 0 Å². The van der Waals surface area contributed by atoms with Crippen LogP contribution in [0.15, 0.2) is 53.6 Å². The number of carboxylic acids is 1. The fourth-order valence-electron chi connectivity index (χ4n) is 3.49. The quantitative estimate of drug-likeness (QED) is 0.267. The maximum absolute atomic E-state index is 12.7. The molecule has 1 saturated carbocycles. The van der Waals surface area contributed by atoms with Gasteiger partial charge in [0, 0.05) is 6.04 Å². The number of nitrogens with one attached hydrogen (secondary N) is 3. The Balaban J connectivity index is 1.53. The second kappa shape index (κ2) is 12.1. The number of para-hydroxylation sites is 1. The topological polar surface area (TPSA) is 146 Å². The Hall–Kier alpha value is -4.21. The minimum absolute atomic E-state index is 0.112. The van der Waals surface area contributed by atoms with Gasteiger partial charge in [-0.05, 0) is 54.8 Å². The highest BCUT2D eigenvalue weighted by atomic mass is 16.5. The first-order valence-corrected chi connectivity index (χ1v) is 10.9. The van der Waals surface area contributed by atoms with Crippen LogP contribution < -0.4 is 20.8 Å². The maximum atomic E-state index is 12.7. The molecule has 0 atom stereocenters. The lowest BCUT2D eigenvalue weighted by Gasteiger charge is -2.23. The number of anilines is 1. The summed E-state index contributed by atoms with van der Waals surface area (Å²) in [7, 11) is 0.